The van der Waals surface area contributed by atoms with E-state index in [0.29, 0.717) is 28.1 Å². The number of rotatable bonds is 7. The van der Waals surface area contributed by atoms with Crippen LogP contribution in [0.15, 0.2) is 0 Å². The molecule has 0 bridgehead atoms. The van der Waals surface area contributed by atoms with Gasteiger partial charge in [-0.1, -0.05) is 13.8 Å². The summed E-state index contributed by atoms with van der Waals surface area (Å²) in [4.78, 5) is 12.6. The largest absolute Gasteiger partial charge is 0.486 e. The van der Waals surface area contributed by atoms with E-state index in [1.807, 2.05) is 20.8 Å². The van der Waals surface area contributed by atoms with E-state index in [1.54, 1.807) is 0 Å². The van der Waals surface area contributed by atoms with Gasteiger partial charge in [-0.15, -0.1) is 11.3 Å². The minimum Gasteiger partial charge on any atom is -0.486 e. The third-order valence-electron chi connectivity index (χ3n) is 3.61. The standard InChI is InChI=1S/C15H24N2O2S/c1-5-10(18)13-11(16)12(19-9(2)3)14(20-13)17-8-15(4)6-7-15/h9,17H,5-8,16H2,1-4H3. The average molecular weight is 296 g/mol. The molecular formula is C15H24N2O2S. The van der Waals surface area contributed by atoms with Crippen molar-refractivity contribution in [3.05, 3.63) is 4.88 Å². The van der Waals surface area contributed by atoms with Crippen molar-refractivity contribution >= 4 is 27.8 Å². The number of hydrogen-bond acceptors (Lipinski definition) is 5. The monoisotopic (exact) mass is 296 g/mol. The zero-order valence-electron chi connectivity index (χ0n) is 12.7. The van der Waals surface area contributed by atoms with Crippen molar-refractivity contribution in [1.29, 1.82) is 0 Å². The maximum absolute atomic E-state index is 11.9. The highest BCUT2D eigenvalue weighted by atomic mass is 32.1. The van der Waals surface area contributed by atoms with E-state index in [1.165, 1.54) is 24.2 Å². The van der Waals surface area contributed by atoms with E-state index in [2.05, 4.69) is 12.2 Å². The third-order valence-corrected chi connectivity index (χ3v) is 4.79. The van der Waals surface area contributed by atoms with Crippen LogP contribution in [0, 0.1) is 5.41 Å². The van der Waals surface area contributed by atoms with Crippen LogP contribution in [0.1, 0.15) is 56.6 Å². The van der Waals surface area contributed by atoms with E-state index >= 15 is 0 Å². The van der Waals surface area contributed by atoms with Gasteiger partial charge in [0, 0.05) is 13.0 Å². The van der Waals surface area contributed by atoms with Crippen molar-refractivity contribution in [2.24, 2.45) is 5.41 Å². The molecule has 1 saturated carbocycles. The Kier molecular flexibility index (Phi) is 4.28. The molecule has 0 amide bonds. The summed E-state index contributed by atoms with van der Waals surface area (Å²) in [5, 5.41) is 4.31. The quantitative estimate of drug-likeness (QED) is 0.748. The first-order valence-electron chi connectivity index (χ1n) is 7.22. The van der Waals surface area contributed by atoms with E-state index in [4.69, 9.17) is 10.5 Å². The molecule has 0 aromatic carbocycles. The molecule has 0 unspecified atom stereocenters. The van der Waals surface area contributed by atoms with Gasteiger partial charge in [-0.2, -0.15) is 0 Å². The predicted octanol–water partition coefficient (Wildman–Crippen LogP) is 3.92. The molecular weight excluding hydrogens is 272 g/mol. The first-order chi connectivity index (χ1) is 9.36. The summed E-state index contributed by atoms with van der Waals surface area (Å²) in [6.45, 7) is 8.94. The second kappa shape index (κ2) is 5.64. The summed E-state index contributed by atoms with van der Waals surface area (Å²) < 4.78 is 5.81. The molecule has 112 valence electrons. The van der Waals surface area contributed by atoms with Gasteiger partial charge in [0.15, 0.2) is 11.5 Å². The number of anilines is 2. The van der Waals surface area contributed by atoms with Gasteiger partial charge in [-0.3, -0.25) is 4.79 Å². The number of ketones is 1. The highest BCUT2D eigenvalue weighted by Gasteiger charge is 2.37. The van der Waals surface area contributed by atoms with Crippen LogP contribution in [-0.2, 0) is 0 Å². The minimum absolute atomic E-state index is 0.0357. The Hall–Kier alpha value is -1.23. The Labute approximate surface area is 124 Å². The van der Waals surface area contributed by atoms with Crippen LogP contribution in [0.3, 0.4) is 0 Å². The minimum atomic E-state index is 0.0357. The van der Waals surface area contributed by atoms with Crippen LogP contribution in [0.2, 0.25) is 0 Å². The van der Waals surface area contributed by atoms with Gasteiger partial charge in [0.2, 0.25) is 0 Å². The summed E-state index contributed by atoms with van der Waals surface area (Å²) >= 11 is 1.42. The number of nitrogens with one attached hydrogen (secondary N) is 1. The molecule has 2 rings (SSSR count). The molecule has 1 aliphatic carbocycles. The maximum atomic E-state index is 11.9. The first-order valence-corrected chi connectivity index (χ1v) is 8.04. The van der Waals surface area contributed by atoms with E-state index in [9.17, 15) is 4.79 Å². The van der Waals surface area contributed by atoms with Crippen LogP contribution in [-0.4, -0.2) is 18.4 Å². The molecule has 3 N–H and O–H groups in total. The van der Waals surface area contributed by atoms with E-state index < -0.39 is 0 Å². The molecule has 0 atom stereocenters. The lowest BCUT2D eigenvalue weighted by molar-refractivity contribution is 0.0992. The Morgan fingerprint density at radius 2 is 2.15 bits per heavy atom. The fourth-order valence-corrected chi connectivity index (χ4v) is 3.01. The fraction of sp³-hybridized carbons (Fsp3) is 0.667. The normalized spacial score (nSPS) is 16.2. The highest BCUT2D eigenvalue weighted by Crippen LogP contribution is 2.48. The van der Waals surface area contributed by atoms with Crippen molar-refractivity contribution in [1.82, 2.24) is 0 Å². The van der Waals surface area contributed by atoms with Gasteiger partial charge in [0.05, 0.1) is 16.7 Å². The number of carbonyl (C=O) groups excluding carboxylic acids is 1. The Balaban J connectivity index is 2.24. The molecule has 0 saturated heterocycles. The average Bonchev–Trinajstić information content (AvgIpc) is 3.05. The maximum Gasteiger partial charge on any atom is 0.177 e. The molecule has 0 radical (unpaired) electrons. The van der Waals surface area contributed by atoms with Crippen molar-refractivity contribution in [2.45, 2.75) is 53.1 Å². The van der Waals surface area contributed by atoms with Crippen LogP contribution >= 0.6 is 11.3 Å². The number of ether oxygens (including phenoxy) is 1. The first kappa shape index (κ1) is 15.2. The third kappa shape index (κ3) is 3.26. The highest BCUT2D eigenvalue weighted by molar-refractivity contribution is 7.19. The Morgan fingerprint density at radius 3 is 2.65 bits per heavy atom. The fourth-order valence-electron chi connectivity index (χ4n) is 1.95. The van der Waals surface area contributed by atoms with Crippen LogP contribution in [0.25, 0.3) is 0 Å². The zero-order valence-corrected chi connectivity index (χ0v) is 13.5. The van der Waals surface area contributed by atoms with E-state index in [0.717, 1.165) is 11.5 Å². The van der Waals surface area contributed by atoms with Crippen molar-refractivity contribution in [3.8, 4) is 5.75 Å². The lowest BCUT2D eigenvalue weighted by Crippen LogP contribution is -2.13. The lowest BCUT2D eigenvalue weighted by atomic mass is 10.1. The van der Waals surface area contributed by atoms with Gasteiger partial charge in [-0.05, 0) is 32.1 Å². The SMILES string of the molecule is CCC(=O)c1sc(NCC2(C)CC2)c(OC(C)C)c1N. The summed E-state index contributed by atoms with van der Waals surface area (Å²) in [7, 11) is 0. The second-order valence-electron chi connectivity index (χ2n) is 6.11. The number of nitrogens with two attached hydrogens (primary N) is 1. The van der Waals surface area contributed by atoms with Crippen molar-refractivity contribution in [2.75, 3.05) is 17.6 Å². The van der Waals surface area contributed by atoms with E-state index in [-0.39, 0.29) is 11.9 Å². The summed E-state index contributed by atoms with van der Waals surface area (Å²) in [5.41, 5.74) is 6.99. The topological polar surface area (TPSA) is 64.3 Å². The smallest absolute Gasteiger partial charge is 0.177 e. The molecule has 1 aromatic heterocycles. The molecule has 1 aromatic rings. The van der Waals surface area contributed by atoms with Crippen molar-refractivity contribution in [3.63, 3.8) is 0 Å². The summed E-state index contributed by atoms with van der Waals surface area (Å²) in [6, 6.07) is 0. The van der Waals surface area contributed by atoms with Gasteiger partial charge in [-0.25, -0.2) is 0 Å². The zero-order chi connectivity index (χ0) is 14.9. The van der Waals surface area contributed by atoms with Crippen LogP contribution in [0.4, 0.5) is 10.7 Å². The second-order valence-corrected chi connectivity index (χ2v) is 7.13. The summed E-state index contributed by atoms with van der Waals surface area (Å²) in [6.07, 6.45) is 3.00. The molecule has 1 heterocycles. The molecule has 4 nitrogen and oxygen atoms in total. The van der Waals surface area contributed by atoms with Crippen molar-refractivity contribution < 1.29 is 9.53 Å². The predicted molar refractivity (Wildman–Crippen MR) is 84.9 cm³/mol. The number of Topliss-reactive ketones (excluding diaryl/α,β-unsaturated/α-hetero) is 1. The number of carbonyl (C=O) groups is 1. The van der Waals surface area contributed by atoms with Gasteiger partial charge >= 0.3 is 0 Å². The van der Waals surface area contributed by atoms with Crippen LogP contribution < -0.4 is 15.8 Å². The number of nitrogen functional groups attached to an aromatic ring is 1. The molecule has 1 aliphatic rings. The number of thiophene rings is 1. The van der Waals surface area contributed by atoms with Gasteiger partial charge < -0.3 is 15.8 Å². The number of hydrogen-bond donors (Lipinski definition) is 2. The molecule has 0 aliphatic heterocycles. The Bertz CT molecular complexity index is 504. The molecule has 1 fully saturated rings. The molecule has 5 heteroatoms. The lowest BCUT2D eigenvalue weighted by Gasteiger charge is -2.14. The molecule has 20 heavy (non-hydrogen) atoms. The Morgan fingerprint density at radius 1 is 1.50 bits per heavy atom. The van der Waals surface area contributed by atoms with Crippen LogP contribution in [0.5, 0.6) is 5.75 Å². The van der Waals surface area contributed by atoms with Gasteiger partial charge in [0.1, 0.15) is 5.00 Å². The van der Waals surface area contributed by atoms with Gasteiger partial charge in [0.25, 0.3) is 0 Å². The molecule has 0 spiro atoms. The summed E-state index contributed by atoms with van der Waals surface area (Å²) in [5.74, 6) is 0.720.